The lowest BCUT2D eigenvalue weighted by Gasteiger charge is -2.23. The van der Waals surface area contributed by atoms with Gasteiger partial charge in [-0.25, -0.2) is 12.7 Å². The molecule has 1 fully saturated rings. The minimum atomic E-state index is -3.29. The molecule has 1 aromatic rings. The Kier molecular flexibility index (Phi) is 7.90. The number of sulfonamides is 1. The molecule has 0 bridgehead atoms. The van der Waals surface area contributed by atoms with Crippen LogP contribution in [0.4, 0.5) is 0 Å². The first-order valence-corrected chi connectivity index (χ1v) is 11.1. The quantitative estimate of drug-likeness (QED) is 0.711. The lowest BCUT2D eigenvalue weighted by atomic mass is 10.1. The van der Waals surface area contributed by atoms with Crippen molar-refractivity contribution < 1.29 is 13.2 Å². The molecular formula is C19H30N2O3S. The average molecular weight is 367 g/mol. The molecule has 1 aliphatic rings. The zero-order valence-corrected chi connectivity index (χ0v) is 16.0. The van der Waals surface area contributed by atoms with Gasteiger partial charge in [0.05, 0.1) is 6.26 Å². The summed E-state index contributed by atoms with van der Waals surface area (Å²) in [7, 11) is -3.29. The first kappa shape index (κ1) is 19.9. The van der Waals surface area contributed by atoms with Crippen molar-refractivity contribution in [2.24, 2.45) is 0 Å². The van der Waals surface area contributed by atoms with E-state index in [4.69, 9.17) is 0 Å². The van der Waals surface area contributed by atoms with Crippen molar-refractivity contribution in [2.75, 3.05) is 32.4 Å². The second kappa shape index (κ2) is 9.92. The molecule has 0 atom stereocenters. The van der Waals surface area contributed by atoms with E-state index in [0.29, 0.717) is 6.54 Å². The van der Waals surface area contributed by atoms with Crippen LogP contribution in [-0.2, 0) is 21.2 Å². The van der Waals surface area contributed by atoms with Crippen LogP contribution < -0.4 is 0 Å². The highest BCUT2D eigenvalue weighted by Crippen LogP contribution is 2.12. The number of benzene rings is 1. The smallest absolute Gasteiger partial charge is 0.223 e. The average Bonchev–Trinajstić information content (AvgIpc) is 2.87. The van der Waals surface area contributed by atoms with E-state index >= 15 is 0 Å². The minimum absolute atomic E-state index is 0.0820. The molecule has 0 unspecified atom stereocenters. The number of hydrogen-bond acceptors (Lipinski definition) is 3. The SMILES string of the molecule is CS(=O)(=O)N(CCCc1ccccc1)CCC(=O)N1CCCCCC1. The molecule has 0 saturated carbocycles. The van der Waals surface area contributed by atoms with Gasteiger partial charge in [0.15, 0.2) is 0 Å². The molecular weight excluding hydrogens is 336 g/mol. The Morgan fingerprint density at radius 3 is 2.28 bits per heavy atom. The van der Waals surface area contributed by atoms with Crippen LogP contribution >= 0.6 is 0 Å². The van der Waals surface area contributed by atoms with Crippen molar-refractivity contribution in [1.82, 2.24) is 9.21 Å². The van der Waals surface area contributed by atoms with Gasteiger partial charge in [-0.15, -0.1) is 0 Å². The van der Waals surface area contributed by atoms with Gasteiger partial charge in [-0.05, 0) is 31.2 Å². The summed E-state index contributed by atoms with van der Waals surface area (Å²) in [6, 6.07) is 10.1. The molecule has 0 N–H and O–H groups in total. The van der Waals surface area contributed by atoms with Gasteiger partial charge < -0.3 is 4.90 Å². The number of carbonyl (C=O) groups is 1. The standard InChI is InChI=1S/C19H30N2O3S/c1-25(23,24)21(16-9-12-18-10-5-4-6-11-18)17-13-19(22)20-14-7-2-3-8-15-20/h4-6,10-11H,2-3,7-9,12-17H2,1H3. The number of hydrogen-bond donors (Lipinski definition) is 0. The maximum absolute atomic E-state index is 12.4. The zero-order chi connectivity index (χ0) is 18.1. The van der Waals surface area contributed by atoms with E-state index in [0.717, 1.165) is 38.8 Å². The Morgan fingerprint density at radius 2 is 1.68 bits per heavy atom. The monoisotopic (exact) mass is 366 g/mol. The Bertz CT molecular complexity index is 623. The third-order valence-electron chi connectivity index (χ3n) is 4.72. The maximum atomic E-state index is 12.4. The van der Waals surface area contributed by atoms with E-state index < -0.39 is 10.0 Å². The van der Waals surface area contributed by atoms with Gasteiger partial charge in [-0.3, -0.25) is 4.79 Å². The van der Waals surface area contributed by atoms with Crippen LogP contribution in [0.3, 0.4) is 0 Å². The molecule has 0 aromatic heterocycles. The lowest BCUT2D eigenvalue weighted by molar-refractivity contribution is -0.131. The topological polar surface area (TPSA) is 57.7 Å². The van der Waals surface area contributed by atoms with Crippen molar-refractivity contribution in [3.8, 4) is 0 Å². The first-order chi connectivity index (χ1) is 12.0. The van der Waals surface area contributed by atoms with Crippen LogP contribution in [0.5, 0.6) is 0 Å². The van der Waals surface area contributed by atoms with Gasteiger partial charge in [0.1, 0.15) is 0 Å². The number of rotatable bonds is 8. The lowest BCUT2D eigenvalue weighted by Crippen LogP contribution is -2.37. The molecule has 140 valence electrons. The third kappa shape index (κ3) is 7.16. The number of nitrogens with zero attached hydrogens (tertiary/aromatic N) is 2. The van der Waals surface area contributed by atoms with Gasteiger partial charge in [0.25, 0.3) is 0 Å². The summed E-state index contributed by atoms with van der Waals surface area (Å²) < 4.78 is 25.5. The highest BCUT2D eigenvalue weighted by Gasteiger charge is 2.20. The van der Waals surface area contributed by atoms with Crippen LogP contribution in [0, 0.1) is 0 Å². The first-order valence-electron chi connectivity index (χ1n) is 9.23. The molecule has 5 nitrogen and oxygen atoms in total. The van der Waals surface area contributed by atoms with Gasteiger partial charge in [-0.2, -0.15) is 0 Å². The summed E-state index contributed by atoms with van der Waals surface area (Å²) >= 11 is 0. The highest BCUT2D eigenvalue weighted by atomic mass is 32.2. The number of amides is 1. The van der Waals surface area contributed by atoms with Gasteiger partial charge >= 0.3 is 0 Å². The molecule has 0 aliphatic carbocycles. The van der Waals surface area contributed by atoms with E-state index in [1.165, 1.54) is 29.0 Å². The fourth-order valence-corrected chi connectivity index (χ4v) is 4.13. The molecule has 1 saturated heterocycles. The van der Waals surface area contributed by atoms with Gasteiger partial charge in [0, 0.05) is 32.6 Å². The van der Waals surface area contributed by atoms with Crippen LogP contribution in [0.2, 0.25) is 0 Å². The summed E-state index contributed by atoms with van der Waals surface area (Å²) in [5.74, 6) is 0.0820. The van der Waals surface area contributed by atoms with Crippen LogP contribution in [0.15, 0.2) is 30.3 Å². The van der Waals surface area contributed by atoms with Gasteiger partial charge in [-0.1, -0.05) is 43.2 Å². The van der Waals surface area contributed by atoms with Crippen molar-refractivity contribution in [3.63, 3.8) is 0 Å². The molecule has 1 amide bonds. The predicted octanol–water partition coefficient (Wildman–Crippen LogP) is 2.67. The zero-order valence-electron chi connectivity index (χ0n) is 15.2. The molecule has 0 spiro atoms. The molecule has 25 heavy (non-hydrogen) atoms. The highest BCUT2D eigenvalue weighted by molar-refractivity contribution is 7.88. The molecule has 6 heteroatoms. The normalized spacial score (nSPS) is 16.0. The Morgan fingerprint density at radius 1 is 1.04 bits per heavy atom. The summed E-state index contributed by atoms with van der Waals surface area (Å²) in [4.78, 5) is 14.3. The summed E-state index contributed by atoms with van der Waals surface area (Å²) in [6.07, 6.45) is 7.57. The molecule has 1 aromatic carbocycles. The van der Waals surface area contributed by atoms with E-state index in [1.807, 2.05) is 35.2 Å². The molecule has 1 heterocycles. The van der Waals surface area contributed by atoms with Crippen molar-refractivity contribution >= 4 is 15.9 Å². The van der Waals surface area contributed by atoms with E-state index in [1.54, 1.807) is 0 Å². The van der Waals surface area contributed by atoms with E-state index in [2.05, 4.69) is 0 Å². The summed E-state index contributed by atoms with van der Waals surface area (Å²) in [5.41, 5.74) is 1.21. The Labute approximate surface area is 152 Å². The molecule has 1 aliphatic heterocycles. The van der Waals surface area contributed by atoms with Crippen LogP contribution in [0.1, 0.15) is 44.1 Å². The number of likely N-dealkylation sites (tertiary alicyclic amines) is 1. The summed E-state index contributed by atoms with van der Waals surface area (Å²) in [5, 5.41) is 0. The third-order valence-corrected chi connectivity index (χ3v) is 6.02. The fourth-order valence-electron chi connectivity index (χ4n) is 3.25. The Hall–Kier alpha value is -1.40. The van der Waals surface area contributed by atoms with Gasteiger partial charge in [0.2, 0.25) is 15.9 Å². The Balaban J connectivity index is 1.82. The molecule has 0 radical (unpaired) electrons. The second-order valence-corrected chi connectivity index (χ2v) is 8.78. The minimum Gasteiger partial charge on any atom is -0.343 e. The van der Waals surface area contributed by atoms with Crippen LogP contribution in [-0.4, -0.2) is 56.0 Å². The fraction of sp³-hybridized carbons (Fsp3) is 0.632. The van der Waals surface area contributed by atoms with Crippen molar-refractivity contribution in [1.29, 1.82) is 0 Å². The van der Waals surface area contributed by atoms with Crippen molar-refractivity contribution in [3.05, 3.63) is 35.9 Å². The summed E-state index contributed by atoms with van der Waals surface area (Å²) in [6.45, 7) is 2.36. The van der Waals surface area contributed by atoms with E-state index in [9.17, 15) is 13.2 Å². The number of carbonyl (C=O) groups excluding carboxylic acids is 1. The van der Waals surface area contributed by atoms with Crippen LogP contribution in [0.25, 0.3) is 0 Å². The number of aryl methyl sites for hydroxylation is 1. The maximum Gasteiger partial charge on any atom is 0.223 e. The van der Waals surface area contributed by atoms with Crippen molar-refractivity contribution in [2.45, 2.75) is 44.9 Å². The second-order valence-electron chi connectivity index (χ2n) is 6.80. The predicted molar refractivity (Wildman–Crippen MR) is 101 cm³/mol. The van der Waals surface area contributed by atoms with E-state index in [-0.39, 0.29) is 18.9 Å². The molecule has 2 rings (SSSR count). The largest absolute Gasteiger partial charge is 0.343 e.